The Bertz CT molecular complexity index is 369. The van der Waals surface area contributed by atoms with Gasteiger partial charge in [0, 0.05) is 6.42 Å². The SMILES string of the molecule is C=C(C)CCOc1cccc(C(=O)O)c1. The fourth-order valence-electron chi connectivity index (χ4n) is 1.06. The third-order valence-corrected chi connectivity index (χ3v) is 1.88. The molecular formula is C12H14O3. The maximum atomic E-state index is 10.7. The van der Waals surface area contributed by atoms with Gasteiger partial charge in [0.15, 0.2) is 0 Å². The summed E-state index contributed by atoms with van der Waals surface area (Å²) < 4.78 is 5.38. The minimum atomic E-state index is -0.944. The molecule has 0 aliphatic carbocycles. The number of carboxylic acids is 1. The number of ether oxygens (including phenoxy) is 1. The maximum Gasteiger partial charge on any atom is 0.335 e. The number of carboxylic acid groups (broad SMARTS) is 1. The van der Waals surface area contributed by atoms with Gasteiger partial charge in [-0.1, -0.05) is 11.6 Å². The van der Waals surface area contributed by atoms with Crippen LogP contribution in [0, 0.1) is 0 Å². The van der Waals surface area contributed by atoms with Crippen molar-refractivity contribution in [2.45, 2.75) is 13.3 Å². The van der Waals surface area contributed by atoms with Crippen LogP contribution in [0.5, 0.6) is 5.75 Å². The second kappa shape index (κ2) is 5.20. The molecule has 0 unspecified atom stereocenters. The van der Waals surface area contributed by atoms with Gasteiger partial charge in [0.25, 0.3) is 0 Å². The summed E-state index contributed by atoms with van der Waals surface area (Å²) in [6.45, 7) is 6.21. The molecule has 1 rings (SSSR count). The number of benzene rings is 1. The van der Waals surface area contributed by atoms with Gasteiger partial charge in [0.2, 0.25) is 0 Å². The Kier molecular flexibility index (Phi) is 3.92. The zero-order valence-electron chi connectivity index (χ0n) is 8.69. The van der Waals surface area contributed by atoms with E-state index in [2.05, 4.69) is 6.58 Å². The van der Waals surface area contributed by atoms with Crippen LogP contribution in [0.3, 0.4) is 0 Å². The van der Waals surface area contributed by atoms with E-state index in [0.29, 0.717) is 12.4 Å². The molecule has 0 aliphatic rings. The van der Waals surface area contributed by atoms with Crippen LogP contribution in [0.25, 0.3) is 0 Å². The summed E-state index contributed by atoms with van der Waals surface area (Å²) in [6.07, 6.45) is 0.775. The lowest BCUT2D eigenvalue weighted by atomic mass is 10.2. The molecule has 0 atom stereocenters. The number of carbonyl (C=O) groups is 1. The van der Waals surface area contributed by atoms with Gasteiger partial charge < -0.3 is 9.84 Å². The predicted octanol–water partition coefficient (Wildman–Crippen LogP) is 2.73. The Morgan fingerprint density at radius 3 is 2.87 bits per heavy atom. The van der Waals surface area contributed by atoms with E-state index in [1.54, 1.807) is 12.1 Å². The number of hydrogen-bond donors (Lipinski definition) is 1. The minimum absolute atomic E-state index is 0.239. The number of aromatic carboxylic acids is 1. The summed E-state index contributed by atoms with van der Waals surface area (Å²) in [5.74, 6) is -0.364. The fraction of sp³-hybridized carbons (Fsp3) is 0.250. The number of rotatable bonds is 5. The first-order chi connectivity index (χ1) is 7.09. The van der Waals surface area contributed by atoms with Gasteiger partial charge in [0.1, 0.15) is 5.75 Å². The molecule has 0 fully saturated rings. The molecule has 3 heteroatoms. The fourth-order valence-corrected chi connectivity index (χ4v) is 1.06. The van der Waals surface area contributed by atoms with Crippen molar-refractivity contribution in [2.75, 3.05) is 6.61 Å². The van der Waals surface area contributed by atoms with Crippen LogP contribution < -0.4 is 4.74 Å². The van der Waals surface area contributed by atoms with Crippen molar-refractivity contribution in [3.8, 4) is 5.75 Å². The van der Waals surface area contributed by atoms with E-state index in [9.17, 15) is 4.79 Å². The number of hydrogen-bond acceptors (Lipinski definition) is 2. The summed E-state index contributed by atoms with van der Waals surface area (Å²) in [7, 11) is 0. The molecule has 0 radical (unpaired) electrons. The molecule has 0 aliphatic heterocycles. The van der Waals surface area contributed by atoms with Crippen molar-refractivity contribution in [3.63, 3.8) is 0 Å². The summed E-state index contributed by atoms with van der Waals surface area (Å²) in [4.78, 5) is 10.7. The van der Waals surface area contributed by atoms with E-state index in [4.69, 9.17) is 9.84 Å². The van der Waals surface area contributed by atoms with Crippen LogP contribution in [0.15, 0.2) is 36.4 Å². The van der Waals surface area contributed by atoms with Crippen LogP contribution in [-0.2, 0) is 0 Å². The molecule has 0 amide bonds. The lowest BCUT2D eigenvalue weighted by Crippen LogP contribution is -2.00. The van der Waals surface area contributed by atoms with Gasteiger partial charge in [-0.05, 0) is 25.1 Å². The molecule has 0 saturated carbocycles. The quantitative estimate of drug-likeness (QED) is 0.753. The third kappa shape index (κ3) is 3.85. The molecule has 0 saturated heterocycles. The van der Waals surface area contributed by atoms with E-state index in [1.165, 1.54) is 12.1 Å². The zero-order valence-corrected chi connectivity index (χ0v) is 8.69. The molecular weight excluding hydrogens is 192 g/mol. The molecule has 0 heterocycles. The van der Waals surface area contributed by atoms with Gasteiger partial charge in [-0.3, -0.25) is 0 Å². The maximum absolute atomic E-state index is 10.7. The van der Waals surface area contributed by atoms with Crippen LogP contribution in [0.1, 0.15) is 23.7 Å². The van der Waals surface area contributed by atoms with Crippen LogP contribution in [-0.4, -0.2) is 17.7 Å². The molecule has 3 nitrogen and oxygen atoms in total. The molecule has 1 aromatic carbocycles. The Labute approximate surface area is 89.0 Å². The predicted molar refractivity (Wildman–Crippen MR) is 58.3 cm³/mol. The highest BCUT2D eigenvalue weighted by atomic mass is 16.5. The summed E-state index contributed by atoms with van der Waals surface area (Å²) in [6, 6.07) is 6.46. The average molecular weight is 206 g/mol. The van der Waals surface area contributed by atoms with E-state index in [-0.39, 0.29) is 5.56 Å². The largest absolute Gasteiger partial charge is 0.493 e. The lowest BCUT2D eigenvalue weighted by molar-refractivity contribution is 0.0696. The van der Waals surface area contributed by atoms with Gasteiger partial charge in [0.05, 0.1) is 12.2 Å². The Morgan fingerprint density at radius 2 is 2.27 bits per heavy atom. The molecule has 1 N–H and O–H groups in total. The average Bonchev–Trinajstić information content (AvgIpc) is 2.17. The van der Waals surface area contributed by atoms with E-state index >= 15 is 0 Å². The molecule has 0 aromatic heterocycles. The Hall–Kier alpha value is -1.77. The Balaban J connectivity index is 2.58. The summed E-state index contributed by atoms with van der Waals surface area (Å²) in [5, 5.41) is 8.75. The highest BCUT2D eigenvalue weighted by Crippen LogP contribution is 2.13. The van der Waals surface area contributed by atoms with Crippen LogP contribution in [0.4, 0.5) is 0 Å². The van der Waals surface area contributed by atoms with E-state index in [0.717, 1.165) is 12.0 Å². The molecule has 1 aromatic rings. The van der Waals surface area contributed by atoms with E-state index < -0.39 is 5.97 Å². The normalized spacial score (nSPS) is 9.67. The van der Waals surface area contributed by atoms with Crippen molar-refractivity contribution in [1.82, 2.24) is 0 Å². The minimum Gasteiger partial charge on any atom is -0.493 e. The van der Waals surface area contributed by atoms with Gasteiger partial charge in [-0.25, -0.2) is 4.79 Å². The second-order valence-corrected chi connectivity index (χ2v) is 3.39. The first kappa shape index (κ1) is 11.3. The molecule has 0 spiro atoms. The van der Waals surface area contributed by atoms with Gasteiger partial charge in [-0.2, -0.15) is 0 Å². The smallest absolute Gasteiger partial charge is 0.335 e. The van der Waals surface area contributed by atoms with Crippen molar-refractivity contribution in [2.24, 2.45) is 0 Å². The van der Waals surface area contributed by atoms with Crippen molar-refractivity contribution in [1.29, 1.82) is 0 Å². The summed E-state index contributed by atoms with van der Waals surface area (Å²) in [5.41, 5.74) is 1.28. The standard InChI is InChI=1S/C12H14O3/c1-9(2)6-7-15-11-5-3-4-10(8-11)12(13)14/h3-5,8H,1,6-7H2,2H3,(H,13,14). The highest BCUT2D eigenvalue weighted by Gasteiger charge is 2.03. The zero-order chi connectivity index (χ0) is 11.3. The Morgan fingerprint density at radius 1 is 1.53 bits per heavy atom. The lowest BCUT2D eigenvalue weighted by Gasteiger charge is -2.06. The van der Waals surface area contributed by atoms with Crippen molar-refractivity contribution >= 4 is 5.97 Å². The molecule has 15 heavy (non-hydrogen) atoms. The molecule has 0 bridgehead atoms. The van der Waals surface area contributed by atoms with Crippen molar-refractivity contribution in [3.05, 3.63) is 42.0 Å². The second-order valence-electron chi connectivity index (χ2n) is 3.39. The highest BCUT2D eigenvalue weighted by molar-refractivity contribution is 5.87. The van der Waals surface area contributed by atoms with Gasteiger partial charge >= 0.3 is 5.97 Å². The first-order valence-corrected chi connectivity index (χ1v) is 4.70. The molecule has 80 valence electrons. The first-order valence-electron chi connectivity index (χ1n) is 4.70. The van der Waals surface area contributed by atoms with Crippen molar-refractivity contribution < 1.29 is 14.6 Å². The van der Waals surface area contributed by atoms with E-state index in [1.807, 2.05) is 6.92 Å². The third-order valence-electron chi connectivity index (χ3n) is 1.88. The van der Waals surface area contributed by atoms with Gasteiger partial charge in [-0.15, -0.1) is 6.58 Å². The van der Waals surface area contributed by atoms with Crippen LogP contribution >= 0.6 is 0 Å². The van der Waals surface area contributed by atoms with Crippen LogP contribution in [0.2, 0.25) is 0 Å². The topological polar surface area (TPSA) is 46.5 Å². The monoisotopic (exact) mass is 206 g/mol. The summed E-state index contributed by atoms with van der Waals surface area (Å²) >= 11 is 0.